The molecule has 0 aromatic rings. The van der Waals surface area contributed by atoms with Crippen molar-refractivity contribution < 1.29 is 0 Å². The van der Waals surface area contributed by atoms with Gasteiger partial charge in [-0.05, 0) is 57.8 Å². The van der Waals surface area contributed by atoms with Gasteiger partial charge in [-0.25, -0.2) is 0 Å². The van der Waals surface area contributed by atoms with Crippen LogP contribution in [0.2, 0.25) is 0 Å². The van der Waals surface area contributed by atoms with Crippen LogP contribution in [-0.4, -0.2) is 62.2 Å². The molecule has 2 heterocycles. The Morgan fingerprint density at radius 1 is 1.33 bits per heavy atom. The predicted molar refractivity (Wildman–Crippen MR) is 77.9 cm³/mol. The molecule has 2 rings (SSSR count). The van der Waals surface area contributed by atoms with E-state index >= 15 is 0 Å². The zero-order valence-corrected chi connectivity index (χ0v) is 12.7. The molecule has 1 N–H and O–H groups in total. The van der Waals surface area contributed by atoms with Crippen LogP contribution in [0.3, 0.4) is 0 Å². The largest absolute Gasteiger partial charge is 0.316 e. The van der Waals surface area contributed by atoms with Crippen LogP contribution in [0.15, 0.2) is 0 Å². The molecule has 2 aliphatic heterocycles. The monoisotopic (exact) mass is 253 g/mol. The van der Waals surface area contributed by atoms with Crippen molar-refractivity contribution in [2.24, 2.45) is 11.3 Å². The highest BCUT2D eigenvalue weighted by Crippen LogP contribution is 2.35. The summed E-state index contributed by atoms with van der Waals surface area (Å²) in [4.78, 5) is 5.23. The van der Waals surface area contributed by atoms with Gasteiger partial charge >= 0.3 is 0 Å². The maximum atomic E-state index is 3.59. The van der Waals surface area contributed by atoms with Gasteiger partial charge in [0.2, 0.25) is 0 Å². The normalized spacial score (nSPS) is 36.2. The molecule has 0 aromatic heterocycles. The van der Waals surface area contributed by atoms with Gasteiger partial charge in [-0.1, -0.05) is 13.8 Å². The number of rotatable bonds is 3. The summed E-state index contributed by atoms with van der Waals surface area (Å²) < 4.78 is 0. The molecule has 3 heteroatoms. The maximum Gasteiger partial charge on any atom is 0.0195 e. The van der Waals surface area contributed by atoms with Crippen molar-refractivity contribution in [1.29, 1.82) is 0 Å². The average molecular weight is 253 g/mol. The fraction of sp³-hybridized carbons (Fsp3) is 1.00. The number of hydrogen-bond acceptors (Lipinski definition) is 3. The third-order valence-electron chi connectivity index (χ3n) is 5.20. The summed E-state index contributed by atoms with van der Waals surface area (Å²) in [6.07, 6.45) is 2.67. The summed E-state index contributed by atoms with van der Waals surface area (Å²) in [5.74, 6) is 0.778. The van der Waals surface area contributed by atoms with E-state index in [2.05, 4.69) is 42.9 Å². The van der Waals surface area contributed by atoms with Gasteiger partial charge in [0.05, 0.1) is 0 Å². The van der Waals surface area contributed by atoms with Crippen LogP contribution in [0, 0.1) is 11.3 Å². The molecular formula is C15H31N3. The summed E-state index contributed by atoms with van der Waals surface area (Å²) >= 11 is 0. The van der Waals surface area contributed by atoms with Crippen LogP contribution in [-0.2, 0) is 0 Å². The molecule has 2 unspecified atom stereocenters. The van der Waals surface area contributed by atoms with Gasteiger partial charge in [0, 0.05) is 25.7 Å². The molecule has 0 aliphatic carbocycles. The van der Waals surface area contributed by atoms with E-state index in [-0.39, 0.29) is 0 Å². The van der Waals surface area contributed by atoms with E-state index in [1.807, 2.05) is 0 Å². The summed E-state index contributed by atoms with van der Waals surface area (Å²) in [5.41, 5.74) is 0.511. The van der Waals surface area contributed by atoms with Crippen molar-refractivity contribution in [3.05, 3.63) is 0 Å². The minimum absolute atomic E-state index is 0.511. The zero-order valence-electron chi connectivity index (χ0n) is 12.7. The lowest BCUT2D eigenvalue weighted by Gasteiger charge is -2.40. The summed E-state index contributed by atoms with van der Waals surface area (Å²) in [5, 5.41) is 3.59. The van der Waals surface area contributed by atoms with E-state index in [4.69, 9.17) is 0 Å². The second-order valence-electron chi connectivity index (χ2n) is 6.88. The number of likely N-dealkylation sites (N-methyl/N-ethyl adjacent to an activating group) is 1. The Kier molecular flexibility index (Phi) is 4.68. The van der Waals surface area contributed by atoms with Gasteiger partial charge in [-0.15, -0.1) is 0 Å². The minimum atomic E-state index is 0.511. The van der Waals surface area contributed by atoms with Gasteiger partial charge in [-0.3, -0.25) is 4.90 Å². The van der Waals surface area contributed by atoms with Gasteiger partial charge in [0.15, 0.2) is 0 Å². The Hall–Kier alpha value is -0.120. The molecule has 0 radical (unpaired) electrons. The molecule has 0 bridgehead atoms. The molecular weight excluding hydrogens is 222 g/mol. The van der Waals surface area contributed by atoms with Crippen LogP contribution < -0.4 is 5.32 Å². The van der Waals surface area contributed by atoms with Crippen LogP contribution in [0.4, 0.5) is 0 Å². The van der Waals surface area contributed by atoms with Gasteiger partial charge in [0.1, 0.15) is 0 Å². The Bertz CT molecular complexity index is 258. The minimum Gasteiger partial charge on any atom is -0.316 e. The van der Waals surface area contributed by atoms with Crippen molar-refractivity contribution >= 4 is 0 Å². The Morgan fingerprint density at radius 2 is 2.11 bits per heavy atom. The molecule has 18 heavy (non-hydrogen) atoms. The molecule has 2 fully saturated rings. The van der Waals surface area contributed by atoms with Gasteiger partial charge in [-0.2, -0.15) is 0 Å². The number of nitrogens with one attached hydrogen (secondary N) is 1. The highest BCUT2D eigenvalue weighted by atomic mass is 15.2. The topological polar surface area (TPSA) is 18.5 Å². The van der Waals surface area contributed by atoms with E-state index in [0.717, 1.165) is 5.92 Å². The first-order chi connectivity index (χ1) is 8.53. The average Bonchev–Trinajstić information content (AvgIpc) is 2.71. The zero-order chi connectivity index (χ0) is 13.2. The first-order valence-corrected chi connectivity index (χ1v) is 7.67. The van der Waals surface area contributed by atoms with E-state index in [1.54, 1.807) is 0 Å². The van der Waals surface area contributed by atoms with Crippen molar-refractivity contribution in [3.8, 4) is 0 Å². The maximum absolute atomic E-state index is 3.59. The Morgan fingerprint density at radius 3 is 2.72 bits per heavy atom. The quantitative estimate of drug-likeness (QED) is 0.825. The summed E-state index contributed by atoms with van der Waals surface area (Å²) in [6, 6.07) is 0.703. The van der Waals surface area contributed by atoms with Crippen molar-refractivity contribution in [3.63, 3.8) is 0 Å². The standard InChI is InChI=1S/C15H31N3/c1-13(2)15(6-7-16-11-15)12-18-9-5-8-17(4)10-14(18)3/h13-14,16H,5-12H2,1-4H3. The van der Waals surface area contributed by atoms with Crippen LogP contribution in [0.25, 0.3) is 0 Å². The second kappa shape index (κ2) is 5.89. The molecule has 0 amide bonds. The van der Waals surface area contributed by atoms with Crippen molar-refractivity contribution in [1.82, 2.24) is 15.1 Å². The fourth-order valence-corrected chi connectivity index (χ4v) is 3.63. The van der Waals surface area contributed by atoms with Crippen LogP contribution >= 0.6 is 0 Å². The lowest BCUT2D eigenvalue weighted by atomic mass is 9.75. The van der Waals surface area contributed by atoms with Crippen LogP contribution in [0.5, 0.6) is 0 Å². The van der Waals surface area contributed by atoms with Crippen molar-refractivity contribution in [2.75, 3.05) is 46.3 Å². The van der Waals surface area contributed by atoms with E-state index < -0.39 is 0 Å². The molecule has 3 nitrogen and oxygen atoms in total. The molecule has 2 atom stereocenters. The number of nitrogens with zero attached hydrogens (tertiary/aromatic N) is 2. The SMILES string of the molecule is CC1CN(C)CCCN1CC1(C(C)C)CCNC1. The molecule has 2 saturated heterocycles. The molecule has 2 aliphatic rings. The Balaban J connectivity index is 2.02. The number of hydrogen-bond donors (Lipinski definition) is 1. The van der Waals surface area contributed by atoms with E-state index in [9.17, 15) is 0 Å². The lowest BCUT2D eigenvalue weighted by Crippen LogP contribution is -2.47. The fourth-order valence-electron chi connectivity index (χ4n) is 3.63. The summed E-state index contributed by atoms with van der Waals surface area (Å²) in [6.45, 7) is 14.7. The predicted octanol–water partition coefficient (Wildman–Crippen LogP) is 1.65. The van der Waals surface area contributed by atoms with Gasteiger partial charge in [0.25, 0.3) is 0 Å². The first kappa shape index (κ1) is 14.3. The van der Waals surface area contributed by atoms with E-state index in [1.165, 1.54) is 52.1 Å². The highest BCUT2D eigenvalue weighted by Gasteiger charge is 2.39. The molecule has 106 valence electrons. The van der Waals surface area contributed by atoms with E-state index in [0.29, 0.717) is 11.5 Å². The third-order valence-corrected chi connectivity index (χ3v) is 5.20. The molecule has 0 saturated carbocycles. The second-order valence-corrected chi connectivity index (χ2v) is 6.88. The highest BCUT2D eigenvalue weighted by molar-refractivity contribution is 4.94. The molecule has 0 aromatic carbocycles. The first-order valence-electron chi connectivity index (χ1n) is 7.67. The smallest absolute Gasteiger partial charge is 0.0195 e. The lowest BCUT2D eigenvalue weighted by molar-refractivity contribution is 0.0914. The van der Waals surface area contributed by atoms with Crippen LogP contribution in [0.1, 0.15) is 33.6 Å². The Labute approximate surface area is 113 Å². The molecule has 0 spiro atoms. The third kappa shape index (κ3) is 3.06. The van der Waals surface area contributed by atoms with Gasteiger partial charge < -0.3 is 10.2 Å². The summed E-state index contributed by atoms with van der Waals surface area (Å²) in [7, 11) is 2.26. The van der Waals surface area contributed by atoms with Crippen molar-refractivity contribution in [2.45, 2.75) is 39.7 Å².